The Morgan fingerprint density at radius 3 is 2.94 bits per heavy atom. The molecule has 0 unspecified atom stereocenters. The zero-order valence-electron chi connectivity index (χ0n) is 8.53. The second-order valence-electron chi connectivity index (χ2n) is 3.18. The molecule has 1 aromatic rings. The van der Waals surface area contributed by atoms with Gasteiger partial charge >= 0.3 is 5.97 Å². The standard InChI is InChI=1S/C10H10ClNO4/c1-14-10(13)9(12-11)6-2-3-7-8(4-6)16-5-15-7/h2-4,9,12H,5H2,1H3/t9-/m1/s1. The van der Waals surface area contributed by atoms with Gasteiger partial charge < -0.3 is 14.2 Å². The van der Waals surface area contributed by atoms with Crippen molar-refractivity contribution in [3.63, 3.8) is 0 Å². The summed E-state index contributed by atoms with van der Waals surface area (Å²) in [6.07, 6.45) is 0. The lowest BCUT2D eigenvalue weighted by molar-refractivity contribution is -0.142. The topological polar surface area (TPSA) is 56.8 Å². The van der Waals surface area contributed by atoms with Crippen LogP contribution in [0.5, 0.6) is 11.5 Å². The molecule has 0 amide bonds. The number of ether oxygens (including phenoxy) is 3. The van der Waals surface area contributed by atoms with E-state index in [0.717, 1.165) is 0 Å². The van der Waals surface area contributed by atoms with Crippen LogP contribution in [0.15, 0.2) is 18.2 Å². The number of carbonyl (C=O) groups is 1. The zero-order valence-corrected chi connectivity index (χ0v) is 9.28. The molecule has 1 atom stereocenters. The van der Waals surface area contributed by atoms with E-state index in [1.54, 1.807) is 18.2 Å². The summed E-state index contributed by atoms with van der Waals surface area (Å²) in [6.45, 7) is 0.190. The number of rotatable bonds is 3. The number of fused-ring (bicyclic) bond motifs is 1. The largest absolute Gasteiger partial charge is 0.468 e. The fourth-order valence-corrected chi connectivity index (χ4v) is 1.67. The molecule has 1 N–H and O–H groups in total. The molecule has 0 saturated carbocycles. The van der Waals surface area contributed by atoms with Gasteiger partial charge in [0, 0.05) is 0 Å². The van der Waals surface area contributed by atoms with Gasteiger partial charge in [-0.25, -0.2) is 9.63 Å². The first-order valence-corrected chi connectivity index (χ1v) is 4.97. The quantitative estimate of drug-likeness (QED) is 0.642. The summed E-state index contributed by atoms with van der Waals surface area (Å²) in [5, 5.41) is 0. The van der Waals surface area contributed by atoms with E-state index in [9.17, 15) is 4.79 Å². The van der Waals surface area contributed by atoms with Gasteiger partial charge in [-0.05, 0) is 29.5 Å². The Balaban J connectivity index is 2.29. The van der Waals surface area contributed by atoms with Gasteiger partial charge in [0.2, 0.25) is 6.79 Å². The molecule has 2 rings (SSSR count). The lowest BCUT2D eigenvalue weighted by atomic mass is 10.1. The number of hydrogen-bond acceptors (Lipinski definition) is 5. The third-order valence-corrected chi connectivity index (χ3v) is 2.49. The van der Waals surface area contributed by atoms with Crippen LogP contribution in [0, 0.1) is 0 Å². The van der Waals surface area contributed by atoms with Crippen LogP contribution in [-0.4, -0.2) is 19.9 Å². The van der Waals surface area contributed by atoms with Gasteiger partial charge in [0.15, 0.2) is 11.5 Å². The minimum Gasteiger partial charge on any atom is -0.468 e. The van der Waals surface area contributed by atoms with Gasteiger partial charge in [0.1, 0.15) is 6.04 Å². The minimum atomic E-state index is -0.721. The Morgan fingerprint density at radius 2 is 2.25 bits per heavy atom. The summed E-state index contributed by atoms with van der Waals surface area (Å²) in [6, 6.07) is 4.42. The van der Waals surface area contributed by atoms with Crippen molar-refractivity contribution in [2.45, 2.75) is 6.04 Å². The molecule has 0 radical (unpaired) electrons. The highest BCUT2D eigenvalue weighted by Crippen LogP contribution is 2.34. The molecule has 1 heterocycles. The Morgan fingerprint density at radius 1 is 1.50 bits per heavy atom. The van der Waals surface area contributed by atoms with Crippen LogP contribution >= 0.6 is 11.8 Å². The van der Waals surface area contributed by atoms with E-state index in [0.29, 0.717) is 17.1 Å². The minimum absolute atomic E-state index is 0.190. The van der Waals surface area contributed by atoms with E-state index >= 15 is 0 Å². The number of esters is 1. The van der Waals surface area contributed by atoms with Crippen LogP contribution in [0.3, 0.4) is 0 Å². The van der Waals surface area contributed by atoms with E-state index < -0.39 is 12.0 Å². The molecule has 0 spiro atoms. The summed E-state index contributed by atoms with van der Waals surface area (Å²) in [7, 11) is 1.30. The Bertz CT molecular complexity index is 410. The van der Waals surface area contributed by atoms with E-state index in [-0.39, 0.29) is 6.79 Å². The first-order valence-electron chi connectivity index (χ1n) is 4.60. The van der Waals surface area contributed by atoms with Crippen molar-refractivity contribution in [1.82, 2.24) is 4.84 Å². The molecular weight excluding hydrogens is 234 g/mol. The molecule has 1 aliphatic heterocycles. The average Bonchev–Trinajstić information content (AvgIpc) is 2.77. The second-order valence-corrected chi connectivity index (χ2v) is 3.40. The molecular formula is C10H10ClNO4. The lowest BCUT2D eigenvalue weighted by Gasteiger charge is -2.12. The summed E-state index contributed by atoms with van der Waals surface area (Å²) in [5.74, 6) is 0.786. The van der Waals surface area contributed by atoms with Gasteiger partial charge in [0.05, 0.1) is 7.11 Å². The molecule has 0 saturated heterocycles. The van der Waals surface area contributed by atoms with Gasteiger partial charge in [-0.1, -0.05) is 6.07 Å². The number of carbonyl (C=O) groups excluding carboxylic acids is 1. The molecule has 0 aliphatic carbocycles. The SMILES string of the molecule is COC(=O)[C@H](NCl)c1ccc2c(c1)OCO2. The number of methoxy groups -OCH3 is 1. The number of halogens is 1. The van der Waals surface area contributed by atoms with Crippen molar-refractivity contribution in [2.24, 2.45) is 0 Å². The van der Waals surface area contributed by atoms with Crippen LogP contribution in [0.2, 0.25) is 0 Å². The van der Waals surface area contributed by atoms with Crippen molar-refractivity contribution < 1.29 is 19.0 Å². The fourth-order valence-electron chi connectivity index (χ4n) is 1.45. The molecule has 5 nitrogen and oxygen atoms in total. The predicted octanol–water partition coefficient (Wildman–Crippen LogP) is 1.37. The van der Waals surface area contributed by atoms with Crippen LogP contribution in [0.25, 0.3) is 0 Å². The number of benzene rings is 1. The molecule has 16 heavy (non-hydrogen) atoms. The highest BCUT2D eigenvalue weighted by Gasteiger charge is 2.23. The average molecular weight is 244 g/mol. The van der Waals surface area contributed by atoms with Crippen LogP contribution in [-0.2, 0) is 9.53 Å². The van der Waals surface area contributed by atoms with Crippen molar-refractivity contribution >= 4 is 17.7 Å². The predicted molar refractivity (Wildman–Crippen MR) is 56.3 cm³/mol. The summed E-state index contributed by atoms with van der Waals surface area (Å²) >= 11 is 5.50. The summed E-state index contributed by atoms with van der Waals surface area (Å²) in [4.78, 5) is 13.8. The first-order chi connectivity index (χ1) is 7.76. The third kappa shape index (κ3) is 1.91. The molecule has 0 aromatic heterocycles. The molecule has 0 fully saturated rings. The van der Waals surface area contributed by atoms with Crippen molar-refractivity contribution in [3.8, 4) is 11.5 Å². The fraction of sp³-hybridized carbons (Fsp3) is 0.300. The van der Waals surface area contributed by atoms with E-state index in [2.05, 4.69) is 9.57 Å². The Hall–Kier alpha value is -1.46. The number of hydrogen-bond donors (Lipinski definition) is 1. The van der Waals surface area contributed by atoms with Gasteiger partial charge in [-0.15, -0.1) is 0 Å². The van der Waals surface area contributed by atoms with Crippen LogP contribution < -0.4 is 14.3 Å². The van der Waals surface area contributed by atoms with Crippen LogP contribution in [0.4, 0.5) is 0 Å². The van der Waals surface area contributed by atoms with Crippen LogP contribution in [0.1, 0.15) is 11.6 Å². The molecule has 1 aromatic carbocycles. The monoisotopic (exact) mass is 243 g/mol. The lowest BCUT2D eigenvalue weighted by Crippen LogP contribution is -2.23. The van der Waals surface area contributed by atoms with Crippen molar-refractivity contribution in [1.29, 1.82) is 0 Å². The first kappa shape index (κ1) is 11.0. The highest BCUT2D eigenvalue weighted by atomic mass is 35.5. The maximum atomic E-state index is 11.4. The smallest absolute Gasteiger partial charge is 0.328 e. The maximum Gasteiger partial charge on any atom is 0.328 e. The molecule has 6 heteroatoms. The van der Waals surface area contributed by atoms with E-state index in [4.69, 9.17) is 21.3 Å². The van der Waals surface area contributed by atoms with Gasteiger partial charge in [0.25, 0.3) is 0 Å². The highest BCUT2D eigenvalue weighted by molar-refractivity contribution is 6.14. The van der Waals surface area contributed by atoms with Gasteiger partial charge in [-0.3, -0.25) is 0 Å². The molecule has 1 aliphatic rings. The third-order valence-electron chi connectivity index (χ3n) is 2.28. The van der Waals surface area contributed by atoms with Crippen molar-refractivity contribution in [2.75, 3.05) is 13.9 Å². The number of nitrogens with one attached hydrogen (secondary N) is 1. The summed E-state index contributed by atoms with van der Waals surface area (Å²) < 4.78 is 15.0. The normalized spacial score (nSPS) is 14.6. The zero-order chi connectivity index (χ0) is 11.5. The van der Waals surface area contributed by atoms with E-state index in [1.165, 1.54) is 7.11 Å². The second kappa shape index (κ2) is 4.59. The van der Waals surface area contributed by atoms with Crippen molar-refractivity contribution in [3.05, 3.63) is 23.8 Å². The maximum absolute atomic E-state index is 11.4. The Kier molecular flexibility index (Phi) is 3.17. The van der Waals surface area contributed by atoms with E-state index in [1.807, 2.05) is 0 Å². The Labute approximate surface area is 97.4 Å². The van der Waals surface area contributed by atoms with Gasteiger partial charge in [-0.2, -0.15) is 0 Å². The summed E-state index contributed by atoms with van der Waals surface area (Å²) in [5.41, 5.74) is 0.658. The molecule has 86 valence electrons. The molecule has 0 bridgehead atoms.